The Kier molecular flexibility index (Phi) is 4.91. The van der Waals surface area contributed by atoms with Crippen molar-refractivity contribution in [2.45, 2.75) is 13.0 Å². The van der Waals surface area contributed by atoms with Crippen molar-refractivity contribution in [3.63, 3.8) is 0 Å². The van der Waals surface area contributed by atoms with E-state index in [1.165, 1.54) is 6.92 Å². The summed E-state index contributed by atoms with van der Waals surface area (Å²) < 4.78 is 103. The molecule has 0 bridgehead atoms. The third kappa shape index (κ3) is 3.39. The minimum Gasteiger partial charge on any atom is -0.491 e. The van der Waals surface area contributed by atoms with E-state index < -0.39 is 52.3 Å². The van der Waals surface area contributed by atoms with Gasteiger partial charge in [-0.15, -0.1) is 0 Å². The molecule has 0 atom stereocenters. The van der Waals surface area contributed by atoms with Crippen molar-refractivity contribution in [2.75, 3.05) is 6.61 Å². The normalized spacial score (nSPS) is 11.5. The molecule has 0 heterocycles. The zero-order valence-electron chi connectivity index (χ0n) is 12.0. The second-order valence-electron chi connectivity index (χ2n) is 4.49. The molecule has 0 aliphatic rings. The Labute approximate surface area is 131 Å². The van der Waals surface area contributed by atoms with Crippen LogP contribution in [0, 0.1) is 29.1 Å². The molecule has 2 aromatic carbocycles. The molecule has 0 spiro atoms. The Morgan fingerprint density at radius 1 is 0.875 bits per heavy atom. The predicted octanol–water partition coefficient (Wildman–Crippen LogP) is 4.91. The van der Waals surface area contributed by atoms with Gasteiger partial charge >= 0.3 is 6.11 Å². The van der Waals surface area contributed by atoms with Gasteiger partial charge in [-0.2, -0.15) is 13.2 Å². The van der Waals surface area contributed by atoms with Crippen LogP contribution in [0.25, 0.3) is 0 Å². The summed E-state index contributed by atoms with van der Waals surface area (Å²) >= 11 is 0. The van der Waals surface area contributed by atoms with Gasteiger partial charge in [0.2, 0.25) is 5.82 Å². The Morgan fingerprint density at radius 3 is 2.00 bits per heavy atom. The molecule has 0 fully saturated rings. The molecule has 2 aromatic rings. The Morgan fingerprint density at radius 2 is 1.46 bits per heavy atom. The maximum atomic E-state index is 14.0. The first-order valence-electron chi connectivity index (χ1n) is 6.50. The first-order chi connectivity index (χ1) is 11.2. The minimum absolute atomic E-state index is 0.0310. The van der Waals surface area contributed by atoms with E-state index in [9.17, 15) is 30.7 Å². The fraction of sp³-hybridized carbons (Fsp3) is 0.200. The first kappa shape index (κ1) is 17.9. The number of alkyl halides is 2. The molecule has 130 valence electrons. The third-order valence-electron chi connectivity index (χ3n) is 2.86. The maximum Gasteiger partial charge on any atom is 0.429 e. The lowest BCUT2D eigenvalue weighted by atomic mass is 10.1. The Bertz CT molecular complexity index is 739. The van der Waals surface area contributed by atoms with Crippen LogP contribution >= 0.6 is 0 Å². The van der Waals surface area contributed by atoms with Crippen molar-refractivity contribution in [1.82, 2.24) is 0 Å². The fourth-order valence-corrected chi connectivity index (χ4v) is 1.82. The number of benzene rings is 2. The second-order valence-corrected chi connectivity index (χ2v) is 4.49. The standard InChI is InChI=1S/C15H9F7O2/c1-2-23-11-4-3-8(12(18)14(11)20)15(21,22)24-7-5-9(16)13(19)10(17)6-7/h3-6H,2H2,1H3. The molecule has 0 saturated heterocycles. The molecule has 2 rings (SSSR count). The summed E-state index contributed by atoms with van der Waals surface area (Å²) in [6.45, 7) is 1.44. The van der Waals surface area contributed by atoms with E-state index in [0.717, 1.165) is 6.07 Å². The number of hydrogen-bond donors (Lipinski definition) is 0. The predicted molar refractivity (Wildman–Crippen MR) is 68.4 cm³/mol. The summed E-state index contributed by atoms with van der Waals surface area (Å²) in [6, 6.07) is 1.55. The van der Waals surface area contributed by atoms with Crippen molar-refractivity contribution in [3.05, 3.63) is 58.9 Å². The van der Waals surface area contributed by atoms with Crippen molar-refractivity contribution >= 4 is 0 Å². The average Bonchev–Trinajstić information content (AvgIpc) is 2.49. The second kappa shape index (κ2) is 6.58. The van der Waals surface area contributed by atoms with Gasteiger partial charge in [0, 0.05) is 12.1 Å². The molecule has 24 heavy (non-hydrogen) atoms. The van der Waals surface area contributed by atoms with E-state index in [2.05, 4.69) is 4.74 Å². The zero-order chi connectivity index (χ0) is 18.1. The van der Waals surface area contributed by atoms with Gasteiger partial charge in [-0.05, 0) is 19.1 Å². The zero-order valence-corrected chi connectivity index (χ0v) is 12.0. The van der Waals surface area contributed by atoms with Crippen LogP contribution in [0.4, 0.5) is 30.7 Å². The summed E-state index contributed by atoms with van der Waals surface area (Å²) in [5.41, 5.74) is -1.52. The van der Waals surface area contributed by atoms with Gasteiger partial charge in [-0.1, -0.05) is 0 Å². The SMILES string of the molecule is CCOc1ccc(C(F)(F)Oc2cc(F)c(F)c(F)c2)c(F)c1F. The van der Waals surface area contributed by atoms with Crippen LogP contribution in [0.5, 0.6) is 11.5 Å². The molecule has 0 saturated carbocycles. The Balaban J connectivity index is 2.39. The molecule has 0 aliphatic heterocycles. The van der Waals surface area contributed by atoms with E-state index in [0.29, 0.717) is 6.07 Å². The van der Waals surface area contributed by atoms with Crippen LogP contribution in [-0.4, -0.2) is 6.61 Å². The molecule has 2 nitrogen and oxygen atoms in total. The molecule has 0 aromatic heterocycles. The molecular formula is C15H9F7O2. The van der Waals surface area contributed by atoms with Gasteiger partial charge in [-0.25, -0.2) is 17.6 Å². The number of rotatable bonds is 5. The monoisotopic (exact) mass is 354 g/mol. The fourth-order valence-electron chi connectivity index (χ4n) is 1.82. The van der Waals surface area contributed by atoms with Crippen LogP contribution in [0.3, 0.4) is 0 Å². The van der Waals surface area contributed by atoms with Crippen LogP contribution in [0.2, 0.25) is 0 Å². The van der Waals surface area contributed by atoms with E-state index in [4.69, 9.17) is 4.74 Å². The number of halogens is 7. The number of ether oxygens (including phenoxy) is 2. The first-order valence-corrected chi connectivity index (χ1v) is 6.50. The van der Waals surface area contributed by atoms with Crippen molar-refractivity contribution in [2.24, 2.45) is 0 Å². The highest BCUT2D eigenvalue weighted by Crippen LogP contribution is 2.36. The molecule has 0 radical (unpaired) electrons. The molecule has 9 heteroatoms. The van der Waals surface area contributed by atoms with Crippen molar-refractivity contribution in [3.8, 4) is 11.5 Å². The van der Waals surface area contributed by atoms with Crippen LogP contribution in [0.15, 0.2) is 24.3 Å². The minimum atomic E-state index is -4.48. The quantitative estimate of drug-likeness (QED) is 0.561. The van der Waals surface area contributed by atoms with E-state index >= 15 is 0 Å². The molecule has 0 amide bonds. The van der Waals surface area contributed by atoms with Gasteiger partial charge < -0.3 is 9.47 Å². The number of hydrogen-bond acceptors (Lipinski definition) is 2. The molecule has 0 N–H and O–H groups in total. The maximum absolute atomic E-state index is 14.0. The van der Waals surface area contributed by atoms with Gasteiger partial charge in [0.1, 0.15) is 11.3 Å². The van der Waals surface area contributed by atoms with Crippen LogP contribution < -0.4 is 9.47 Å². The highest BCUT2D eigenvalue weighted by Gasteiger charge is 2.40. The summed E-state index contributed by atoms with van der Waals surface area (Å²) in [5, 5.41) is 0. The lowest BCUT2D eigenvalue weighted by molar-refractivity contribution is -0.188. The largest absolute Gasteiger partial charge is 0.491 e. The smallest absolute Gasteiger partial charge is 0.429 e. The highest BCUT2D eigenvalue weighted by molar-refractivity contribution is 5.34. The Hall–Kier alpha value is -2.45. The average molecular weight is 354 g/mol. The van der Waals surface area contributed by atoms with Gasteiger partial charge in [-0.3, -0.25) is 0 Å². The summed E-state index contributed by atoms with van der Waals surface area (Å²) in [7, 11) is 0. The third-order valence-corrected chi connectivity index (χ3v) is 2.86. The van der Waals surface area contributed by atoms with Gasteiger partial charge in [0.25, 0.3) is 0 Å². The van der Waals surface area contributed by atoms with Gasteiger partial charge in [0.05, 0.1) is 6.61 Å². The van der Waals surface area contributed by atoms with Gasteiger partial charge in [0.15, 0.2) is 29.0 Å². The van der Waals surface area contributed by atoms with E-state index in [1.54, 1.807) is 0 Å². The molecule has 0 aliphatic carbocycles. The van der Waals surface area contributed by atoms with E-state index in [-0.39, 0.29) is 18.7 Å². The topological polar surface area (TPSA) is 18.5 Å². The molecule has 0 unspecified atom stereocenters. The summed E-state index contributed by atoms with van der Waals surface area (Å²) in [5.74, 6) is -10.8. The molecular weight excluding hydrogens is 345 g/mol. The highest BCUT2D eigenvalue weighted by atomic mass is 19.3. The van der Waals surface area contributed by atoms with E-state index in [1.807, 2.05) is 0 Å². The lowest BCUT2D eigenvalue weighted by Gasteiger charge is -2.19. The van der Waals surface area contributed by atoms with Crippen molar-refractivity contribution < 1.29 is 40.2 Å². The summed E-state index contributed by atoms with van der Waals surface area (Å²) in [6.07, 6.45) is -4.48. The van der Waals surface area contributed by atoms with Crippen LogP contribution in [0.1, 0.15) is 12.5 Å². The lowest BCUT2D eigenvalue weighted by Crippen LogP contribution is -2.24. The summed E-state index contributed by atoms with van der Waals surface area (Å²) in [4.78, 5) is 0. The van der Waals surface area contributed by atoms with Crippen LogP contribution in [-0.2, 0) is 6.11 Å². The van der Waals surface area contributed by atoms with Crippen molar-refractivity contribution in [1.29, 1.82) is 0 Å².